The molecule has 0 bridgehead atoms. The number of nitrogens with zero attached hydrogens (tertiary/aromatic N) is 5. The molecule has 2 saturated heterocycles. The third-order valence-electron chi connectivity index (χ3n) is 6.18. The zero-order valence-electron chi connectivity index (χ0n) is 16.3. The first-order chi connectivity index (χ1) is 14.7. The van der Waals surface area contributed by atoms with Crippen molar-refractivity contribution in [1.82, 2.24) is 25.3 Å². The van der Waals surface area contributed by atoms with Crippen LogP contribution in [0.2, 0.25) is 0 Å². The van der Waals surface area contributed by atoms with Gasteiger partial charge in [0.1, 0.15) is 5.82 Å². The van der Waals surface area contributed by atoms with Crippen LogP contribution in [0.3, 0.4) is 0 Å². The maximum Gasteiger partial charge on any atom is 0.299 e. The molecule has 2 fully saturated rings. The Balaban J connectivity index is 1.61. The fourth-order valence-electron chi connectivity index (χ4n) is 4.45. The minimum atomic E-state index is 0.215. The van der Waals surface area contributed by atoms with E-state index in [4.69, 9.17) is 14.7 Å². The van der Waals surface area contributed by atoms with Crippen LogP contribution in [0.4, 0.5) is 5.82 Å². The van der Waals surface area contributed by atoms with Crippen molar-refractivity contribution in [3.8, 4) is 17.3 Å². The zero-order chi connectivity index (χ0) is 20.6. The second-order valence-electron chi connectivity index (χ2n) is 7.87. The molecule has 1 spiro atoms. The smallest absolute Gasteiger partial charge is 0.299 e. The fourth-order valence-corrected chi connectivity index (χ4v) is 5.03. The number of carbonyl (C=O) groups is 1. The fraction of sp³-hybridized carbons (Fsp3) is 0.381. The normalized spacial score (nSPS) is 18.1. The summed E-state index contributed by atoms with van der Waals surface area (Å²) >= 11 is 3.57. The number of nitrogens with one attached hydrogen (secondary N) is 1. The Morgan fingerprint density at radius 2 is 1.97 bits per heavy atom. The number of pyridine rings is 2. The van der Waals surface area contributed by atoms with Crippen molar-refractivity contribution < 1.29 is 9.53 Å². The Bertz CT molecular complexity index is 1080. The van der Waals surface area contributed by atoms with Gasteiger partial charge >= 0.3 is 0 Å². The summed E-state index contributed by atoms with van der Waals surface area (Å²) in [6.45, 7) is 4.41. The molecule has 0 radical (unpaired) electrons. The molecular weight excluding hydrogens is 448 g/mol. The second-order valence-corrected chi connectivity index (χ2v) is 8.67. The number of anilines is 1. The molecule has 5 rings (SSSR count). The molecule has 0 aliphatic carbocycles. The highest BCUT2D eigenvalue weighted by Crippen LogP contribution is 2.42. The van der Waals surface area contributed by atoms with Gasteiger partial charge in [0.05, 0.1) is 21.6 Å². The van der Waals surface area contributed by atoms with E-state index in [2.05, 4.69) is 36.1 Å². The second kappa shape index (κ2) is 7.88. The van der Waals surface area contributed by atoms with Gasteiger partial charge in [-0.3, -0.25) is 9.78 Å². The molecule has 154 valence electrons. The van der Waals surface area contributed by atoms with Crippen LogP contribution in [0.15, 0.2) is 35.2 Å². The number of fused-ring (bicyclic) bond motifs is 1. The first-order valence-electron chi connectivity index (χ1n) is 10.0. The molecule has 2 aliphatic heterocycles. The van der Waals surface area contributed by atoms with Crippen LogP contribution < -0.4 is 15.0 Å². The summed E-state index contributed by atoms with van der Waals surface area (Å²) in [6.07, 6.45) is 8.57. The molecule has 0 atom stereocenters. The Morgan fingerprint density at radius 1 is 1.17 bits per heavy atom. The maximum atomic E-state index is 10.9. The SMILES string of the molecule is O=COc1ncc2nc(-c3ccncc3)nc(N3CCC4(CCNC4)CC3)c2c1Br. The largest absolute Gasteiger partial charge is 0.408 e. The molecule has 0 aromatic carbocycles. The highest BCUT2D eigenvalue weighted by molar-refractivity contribution is 9.10. The minimum Gasteiger partial charge on any atom is -0.408 e. The monoisotopic (exact) mass is 468 g/mol. The van der Waals surface area contributed by atoms with E-state index in [1.54, 1.807) is 18.6 Å². The number of rotatable bonds is 4. The van der Waals surface area contributed by atoms with Crippen molar-refractivity contribution in [3.05, 3.63) is 35.2 Å². The summed E-state index contributed by atoms with van der Waals surface area (Å²) < 4.78 is 5.64. The molecule has 0 saturated carbocycles. The molecule has 8 nitrogen and oxygen atoms in total. The van der Waals surface area contributed by atoms with E-state index in [-0.39, 0.29) is 5.88 Å². The van der Waals surface area contributed by atoms with Gasteiger partial charge in [-0.05, 0) is 59.3 Å². The van der Waals surface area contributed by atoms with Gasteiger partial charge in [0.25, 0.3) is 6.47 Å². The Labute approximate surface area is 182 Å². The summed E-state index contributed by atoms with van der Waals surface area (Å²) in [5, 5.41) is 4.32. The standard InChI is InChI=1S/C21H21BrN6O2/c22-17-16-15(11-25-20(17)30-13-29)26-18(14-1-6-23-7-2-14)27-19(16)28-9-4-21(5-10-28)3-8-24-12-21/h1-2,6-7,11,13,24H,3-5,8-10,12H2. The van der Waals surface area contributed by atoms with E-state index in [1.807, 2.05) is 12.1 Å². The number of piperidine rings is 1. The van der Waals surface area contributed by atoms with Crippen molar-refractivity contribution in [2.45, 2.75) is 19.3 Å². The lowest BCUT2D eigenvalue weighted by molar-refractivity contribution is -0.121. The highest BCUT2D eigenvalue weighted by Gasteiger charge is 2.38. The zero-order valence-corrected chi connectivity index (χ0v) is 17.9. The van der Waals surface area contributed by atoms with Crippen molar-refractivity contribution in [3.63, 3.8) is 0 Å². The number of hydrogen-bond donors (Lipinski definition) is 1. The molecule has 30 heavy (non-hydrogen) atoms. The van der Waals surface area contributed by atoms with Gasteiger partial charge in [0.2, 0.25) is 5.88 Å². The highest BCUT2D eigenvalue weighted by atomic mass is 79.9. The van der Waals surface area contributed by atoms with Crippen LogP contribution in [0, 0.1) is 5.41 Å². The van der Waals surface area contributed by atoms with Crippen LogP contribution >= 0.6 is 15.9 Å². The van der Waals surface area contributed by atoms with E-state index >= 15 is 0 Å². The number of aromatic nitrogens is 4. The van der Waals surface area contributed by atoms with Crippen molar-refractivity contribution in [2.75, 3.05) is 31.1 Å². The number of ether oxygens (including phenoxy) is 1. The Kier molecular flexibility index (Phi) is 5.08. The van der Waals surface area contributed by atoms with E-state index < -0.39 is 0 Å². The van der Waals surface area contributed by atoms with Crippen molar-refractivity contribution >= 4 is 39.1 Å². The van der Waals surface area contributed by atoms with Gasteiger partial charge in [-0.25, -0.2) is 15.0 Å². The van der Waals surface area contributed by atoms with Crippen LogP contribution in [-0.2, 0) is 4.79 Å². The van der Waals surface area contributed by atoms with Crippen LogP contribution in [-0.4, -0.2) is 52.6 Å². The first kappa shape index (κ1) is 19.3. The van der Waals surface area contributed by atoms with Crippen molar-refractivity contribution in [2.24, 2.45) is 5.41 Å². The third kappa shape index (κ3) is 3.41. The average Bonchev–Trinajstić information content (AvgIpc) is 3.24. The van der Waals surface area contributed by atoms with Crippen molar-refractivity contribution in [1.29, 1.82) is 0 Å². The predicted molar refractivity (Wildman–Crippen MR) is 116 cm³/mol. The maximum absolute atomic E-state index is 10.9. The van der Waals surface area contributed by atoms with Gasteiger partial charge in [0, 0.05) is 37.6 Å². The molecule has 3 aromatic rings. The van der Waals surface area contributed by atoms with Crippen LogP contribution in [0.25, 0.3) is 22.3 Å². The Hall–Kier alpha value is -2.65. The van der Waals surface area contributed by atoms with Gasteiger partial charge in [-0.2, -0.15) is 0 Å². The van der Waals surface area contributed by atoms with E-state index in [0.717, 1.165) is 55.8 Å². The molecule has 2 aliphatic rings. The number of halogens is 1. The lowest BCUT2D eigenvalue weighted by atomic mass is 9.78. The number of carbonyl (C=O) groups excluding carboxylic acids is 1. The van der Waals surface area contributed by atoms with Gasteiger partial charge in [-0.15, -0.1) is 0 Å². The van der Waals surface area contributed by atoms with Crippen LogP contribution in [0.5, 0.6) is 5.88 Å². The molecule has 9 heteroatoms. The quantitative estimate of drug-likeness (QED) is 0.584. The van der Waals surface area contributed by atoms with E-state index in [9.17, 15) is 4.79 Å². The number of hydrogen-bond acceptors (Lipinski definition) is 8. The Morgan fingerprint density at radius 3 is 2.67 bits per heavy atom. The molecule has 1 N–H and O–H groups in total. The summed E-state index contributed by atoms with van der Waals surface area (Å²) in [4.78, 5) is 31.2. The lowest BCUT2D eigenvalue weighted by Gasteiger charge is -2.39. The first-order valence-corrected chi connectivity index (χ1v) is 10.8. The average molecular weight is 469 g/mol. The topological polar surface area (TPSA) is 93.1 Å². The van der Waals surface area contributed by atoms with Gasteiger partial charge in [0.15, 0.2) is 5.82 Å². The summed E-state index contributed by atoms with van der Waals surface area (Å²) in [7, 11) is 0. The molecule has 3 aromatic heterocycles. The predicted octanol–water partition coefficient (Wildman–Crippen LogP) is 2.96. The molecule has 0 unspecified atom stereocenters. The third-order valence-corrected chi connectivity index (χ3v) is 6.92. The minimum absolute atomic E-state index is 0.215. The lowest BCUT2D eigenvalue weighted by Crippen LogP contribution is -2.41. The molecular formula is C21H21BrN6O2. The van der Waals surface area contributed by atoms with Gasteiger partial charge < -0.3 is 15.0 Å². The summed E-state index contributed by atoms with van der Waals surface area (Å²) in [6, 6.07) is 3.79. The molecule has 0 amide bonds. The summed E-state index contributed by atoms with van der Waals surface area (Å²) in [5.41, 5.74) is 1.99. The van der Waals surface area contributed by atoms with E-state index in [1.165, 1.54) is 6.42 Å². The van der Waals surface area contributed by atoms with E-state index in [0.29, 0.717) is 27.7 Å². The van der Waals surface area contributed by atoms with Gasteiger partial charge in [-0.1, -0.05) is 0 Å². The molecule has 5 heterocycles. The summed E-state index contributed by atoms with van der Waals surface area (Å²) in [5.74, 6) is 1.67. The van der Waals surface area contributed by atoms with Crippen LogP contribution in [0.1, 0.15) is 19.3 Å².